The van der Waals surface area contributed by atoms with Gasteiger partial charge in [0.2, 0.25) is 0 Å². The van der Waals surface area contributed by atoms with Gasteiger partial charge >= 0.3 is 0 Å². The van der Waals surface area contributed by atoms with Crippen molar-refractivity contribution in [2.45, 2.75) is 68.1 Å². The Balaban J connectivity index is 0.871. The molecular weight excluding hydrogens is 725 g/mol. The zero-order valence-electron chi connectivity index (χ0n) is 34.5. The summed E-state index contributed by atoms with van der Waals surface area (Å²) in [6, 6.07) is 56.1. The standard InChI is InChI=1S/C58H48N2/c1-35-41-17-7-12-22-49(41)58(50-23-13-9-18-43(50)44-19-10-14-24-51(44)58)52-34-39(29-31-42(35)52)36-25-27-38(28-26-36)56-59-53(37-15-5-4-6-16-37)55-54(60(55)56)40-30-32-48-46(33-40)45-20-8-11-21-47(45)57(48,2)3/h4-32,34-35,40,43,50,54-56H,33H2,1-3H3. The predicted octanol–water partition coefficient (Wildman–Crippen LogP) is 12.9. The number of rotatable bonds is 4. The molecule has 6 aromatic carbocycles. The van der Waals surface area contributed by atoms with Gasteiger partial charge in [-0.3, -0.25) is 9.89 Å². The highest BCUT2D eigenvalue weighted by Crippen LogP contribution is 2.64. The summed E-state index contributed by atoms with van der Waals surface area (Å²) in [5.74, 6) is 1.42. The Morgan fingerprint density at radius 2 is 1.27 bits per heavy atom. The van der Waals surface area contributed by atoms with Gasteiger partial charge in [0, 0.05) is 29.2 Å². The van der Waals surface area contributed by atoms with Crippen molar-refractivity contribution in [3.63, 3.8) is 0 Å². The first-order chi connectivity index (χ1) is 29.4. The van der Waals surface area contributed by atoms with Crippen LogP contribution in [0.3, 0.4) is 0 Å². The Hall–Kier alpha value is -6.09. The number of hydrogen-bond donors (Lipinski definition) is 0. The molecule has 1 saturated heterocycles. The summed E-state index contributed by atoms with van der Waals surface area (Å²) in [6.07, 6.45) is 15.6. The molecule has 290 valence electrons. The second-order valence-corrected chi connectivity index (χ2v) is 18.9. The number of allylic oxidation sites excluding steroid dienone is 7. The molecule has 0 saturated carbocycles. The lowest BCUT2D eigenvalue weighted by atomic mass is 9.56. The highest BCUT2D eigenvalue weighted by atomic mass is 15.5. The van der Waals surface area contributed by atoms with Crippen molar-refractivity contribution < 1.29 is 0 Å². The van der Waals surface area contributed by atoms with Gasteiger partial charge in [-0.05, 0) is 96.3 Å². The van der Waals surface area contributed by atoms with E-state index in [-0.39, 0.29) is 17.0 Å². The van der Waals surface area contributed by atoms with Crippen LogP contribution in [0.4, 0.5) is 0 Å². The fourth-order valence-electron chi connectivity index (χ4n) is 13.1. The van der Waals surface area contributed by atoms with Crippen molar-refractivity contribution in [3.8, 4) is 11.1 Å². The summed E-state index contributed by atoms with van der Waals surface area (Å²) in [5.41, 5.74) is 20.8. The summed E-state index contributed by atoms with van der Waals surface area (Å²) in [4.78, 5) is 8.22. The Kier molecular flexibility index (Phi) is 7.22. The normalized spacial score (nSPS) is 30.2. The fourth-order valence-corrected chi connectivity index (χ4v) is 13.1. The van der Waals surface area contributed by atoms with Gasteiger partial charge in [0.05, 0.1) is 17.2 Å². The molecule has 1 spiro atoms. The first-order valence-corrected chi connectivity index (χ1v) is 22.2. The van der Waals surface area contributed by atoms with Gasteiger partial charge in [0.25, 0.3) is 0 Å². The van der Waals surface area contributed by atoms with Crippen LogP contribution in [-0.2, 0) is 10.8 Å². The van der Waals surface area contributed by atoms with Crippen LogP contribution in [0.25, 0.3) is 16.7 Å². The van der Waals surface area contributed by atoms with E-state index >= 15 is 0 Å². The number of aliphatic imine (C=N–C) groups is 1. The van der Waals surface area contributed by atoms with Crippen molar-refractivity contribution >= 4 is 11.3 Å². The Morgan fingerprint density at radius 3 is 2.08 bits per heavy atom. The van der Waals surface area contributed by atoms with E-state index in [0.29, 0.717) is 35.8 Å². The minimum Gasteiger partial charge on any atom is -0.263 e. The van der Waals surface area contributed by atoms with Crippen LogP contribution in [0.15, 0.2) is 193 Å². The molecule has 2 aliphatic heterocycles. The van der Waals surface area contributed by atoms with Gasteiger partial charge in [-0.25, -0.2) is 0 Å². The number of fused-ring (bicyclic) bond motifs is 12. The molecule has 0 radical (unpaired) electrons. The molecule has 2 heterocycles. The Morgan fingerprint density at radius 1 is 0.600 bits per heavy atom. The van der Waals surface area contributed by atoms with E-state index in [1.54, 1.807) is 5.57 Å². The van der Waals surface area contributed by atoms with Crippen LogP contribution in [0.1, 0.15) is 101 Å². The highest BCUT2D eigenvalue weighted by Gasteiger charge is 2.62. The summed E-state index contributed by atoms with van der Waals surface area (Å²) in [5, 5.41) is 0. The van der Waals surface area contributed by atoms with Gasteiger partial charge in [0.15, 0.2) is 0 Å². The SMILES string of the molecule is CC1c2ccccc2C2(c3cc(-c4ccc(C5N=C(c6ccccc6)C6C(C7C=CC8=C(C7)c7ccccc7C8(C)C)N56)cc4)ccc31)c1ccccc1C1C=CC=CC12. The van der Waals surface area contributed by atoms with E-state index < -0.39 is 0 Å². The monoisotopic (exact) mass is 772 g/mol. The molecule has 7 aliphatic rings. The van der Waals surface area contributed by atoms with E-state index in [1.165, 1.54) is 78.0 Å². The lowest BCUT2D eigenvalue weighted by molar-refractivity contribution is 0.369. The molecule has 60 heavy (non-hydrogen) atoms. The second-order valence-electron chi connectivity index (χ2n) is 18.9. The van der Waals surface area contributed by atoms with Crippen molar-refractivity contribution in [1.29, 1.82) is 0 Å². The Bertz CT molecular complexity index is 2940. The van der Waals surface area contributed by atoms with Gasteiger partial charge in [-0.2, -0.15) is 0 Å². The first kappa shape index (κ1) is 34.7. The summed E-state index contributed by atoms with van der Waals surface area (Å²) >= 11 is 0. The van der Waals surface area contributed by atoms with Crippen molar-refractivity contribution in [1.82, 2.24) is 4.90 Å². The maximum absolute atomic E-state index is 5.52. The van der Waals surface area contributed by atoms with Crippen LogP contribution in [-0.4, -0.2) is 22.7 Å². The third kappa shape index (κ3) is 4.55. The topological polar surface area (TPSA) is 15.4 Å². The van der Waals surface area contributed by atoms with E-state index in [0.717, 1.165) is 6.42 Å². The average molecular weight is 773 g/mol. The van der Waals surface area contributed by atoms with Crippen LogP contribution in [0.5, 0.6) is 0 Å². The van der Waals surface area contributed by atoms with E-state index in [2.05, 4.69) is 208 Å². The zero-order chi connectivity index (χ0) is 39.9. The third-order valence-corrected chi connectivity index (χ3v) is 15.8. The molecule has 9 unspecified atom stereocenters. The zero-order valence-corrected chi connectivity index (χ0v) is 34.5. The molecule has 0 N–H and O–H groups in total. The summed E-state index contributed by atoms with van der Waals surface area (Å²) in [7, 11) is 0. The minimum absolute atomic E-state index is 0.00237. The van der Waals surface area contributed by atoms with Crippen LogP contribution in [0, 0.1) is 11.8 Å². The van der Waals surface area contributed by atoms with Crippen molar-refractivity contribution in [2.24, 2.45) is 16.8 Å². The molecule has 1 fully saturated rings. The second kappa shape index (κ2) is 12.5. The first-order valence-electron chi connectivity index (χ1n) is 22.2. The van der Waals surface area contributed by atoms with E-state index in [1.807, 2.05) is 0 Å². The lowest BCUT2D eigenvalue weighted by Gasteiger charge is -2.46. The van der Waals surface area contributed by atoms with Gasteiger partial charge in [-0.15, -0.1) is 0 Å². The summed E-state index contributed by atoms with van der Waals surface area (Å²) < 4.78 is 0. The molecule has 6 aromatic rings. The molecule has 2 nitrogen and oxygen atoms in total. The molecule has 5 aliphatic carbocycles. The smallest absolute Gasteiger partial charge is 0.129 e. The van der Waals surface area contributed by atoms with Gasteiger partial charge in [-0.1, -0.05) is 197 Å². The maximum Gasteiger partial charge on any atom is 0.129 e. The molecular formula is C58H48N2. The summed E-state index contributed by atoms with van der Waals surface area (Å²) in [6.45, 7) is 7.19. The highest BCUT2D eigenvalue weighted by molar-refractivity contribution is 6.08. The van der Waals surface area contributed by atoms with Gasteiger partial charge in [0.1, 0.15) is 6.17 Å². The van der Waals surface area contributed by atoms with Crippen molar-refractivity contribution in [2.75, 3.05) is 0 Å². The van der Waals surface area contributed by atoms with Gasteiger partial charge < -0.3 is 0 Å². The molecule has 0 amide bonds. The van der Waals surface area contributed by atoms with Crippen molar-refractivity contribution in [3.05, 3.63) is 243 Å². The number of nitrogens with zero attached hydrogens (tertiary/aromatic N) is 2. The lowest BCUT2D eigenvalue weighted by Crippen LogP contribution is -2.40. The van der Waals surface area contributed by atoms with E-state index in [9.17, 15) is 0 Å². The molecule has 13 rings (SSSR count). The number of benzene rings is 6. The molecule has 2 heteroatoms. The van der Waals surface area contributed by atoms with Crippen LogP contribution >= 0.6 is 0 Å². The predicted molar refractivity (Wildman–Crippen MR) is 245 cm³/mol. The molecule has 0 bridgehead atoms. The molecule has 9 atom stereocenters. The van der Waals surface area contributed by atoms with Crippen LogP contribution < -0.4 is 0 Å². The quantitative estimate of drug-likeness (QED) is 0.163. The number of hydrogen-bond acceptors (Lipinski definition) is 2. The van der Waals surface area contributed by atoms with E-state index in [4.69, 9.17) is 4.99 Å². The molecule has 0 aromatic heterocycles. The largest absolute Gasteiger partial charge is 0.263 e. The maximum atomic E-state index is 5.52. The third-order valence-electron chi connectivity index (χ3n) is 15.8. The Labute approximate surface area is 354 Å². The van der Waals surface area contributed by atoms with Crippen LogP contribution in [0.2, 0.25) is 0 Å². The minimum atomic E-state index is -0.257. The average Bonchev–Trinajstić information content (AvgIpc) is 3.68. The fraction of sp³-hybridized carbons (Fsp3) is 0.224.